The average Bonchev–Trinajstić information content (AvgIpc) is 2.94. The van der Waals surface area contributed by atoms with Crippen molar-refractivity contribution in [3.05, 3.63) is 22.4 Å². The van der Waals surface area contributed by atoms with Crippen molar-refractivity contribution in [3.63, 3.8) is 0 Å². The molecule has 3 amide bonds. The van der Waals surface area contributed by atoms with Crippen LogP contribution in [0.4, 0.5) is 0 Å². The molecule has 0 spiro atoms. The zero-order valence-corrected chi connectivity index (χ0v) is 12.8. The molecule has 0 saturated heterocycles. The highest BCUT2D eigenvalue weighted by Gasteiger charge is 2.24. The Labute approximate surface area is 126 Å². The molecule has 8 heteroatoms. The normalized spacial score (nSPS) is 11.4. The first-order chi connectivity index (χ1) is 9.82. The van der Waals surface area contributed by atoms with Crippen LogP contribution in [0, 0.1) is 0 Å². The third kappa shape index (κ3) is 4.99. The van der Waals surface area contributed by atoms with E-state index in [2.05, 4.69) is 10.6 Å². The van der Waals surface area contributed by atoms with Crippen LogP contribution in [0.25, 0.3) is 0 Å². The van der Waals surface area contributed by atoms with E-state index in [1.165, 1.54) is 16.2 Å². The lowest BCUT2D eigenvalue weighted by Gasteiger charge is -2.21. The molecule has 1 atom stereocenters. The van der Waals surface area contributed by atoms with Gasteiger partial charge in [-0.25, -0.2) is 0 Å². The van der Waals surface area contributed by atoms with E-state index < -0.39 is 23.6 Å². The maximum absolute atomic E-state index is 12.1. The smallest absolute Gasteiger partial charge is 0.287 e. The first-order valence-corrected chi connectivity index (χ1v) is 7.08. The molecule has 2 N–H and O–H groups in total. The van der Waals surface area contributed by atoms with Gasteiger partial charge in [0.25, 0.3) is 5.91 Å². The minimum absolute atomic E-state index is 0.278. The van der Waals surface area contributed by atoms with Crippen molar-refractivity contribution >= 4 is 34.8 Å². The van der Waals surface area contributed by atoms with Gasteiger partial charge in [-0.1, -0.05) is 0 Å². The summed E-state index contributed by atoms with van der Waals surface area (Å²) in [4.78, 5) is 47.1. The fraction of sp³-hybridized carbons (Fsp3) is 0.385. The Balaban J connectivity index is 2.69. The average molecular weight is 311 g/mol. The molecule has 0 saturated carbocycles. The molecular weight excluding hydrogens is 294 g/mol. The largest absolute Gasteiger partial charge is 0.347 e. The second-order valence-electron chi connectivity index (χ2n) is 4.53. The van der Waals surface area contributed by atoms with Crippen LogP contribution in [0.1, 0.15) is 18.5 Å². The maximum Gasteiger partial charge on any atom is 0.287 e. The number of rotatable bonds is 6. The molecule has 7 nitrogen and oxygen atoms in total. The molecule has 1 rings (SSSR count). The van der Waals surface area contributed by atoms with Crippen LogP contribution >= 0.6 is 11.3 Å². The molecule has 0 unspecified atom stereocenters. The number of ketones is 1. The van der Waals surface area contributed by atoms with E-state index in [-0.39, 0.29) is 12.5 Å². The highest BCUT2D eigenvalue weighted by Crippen LogP contribution is 2.18. The summed E-state index contributed by atoms with van der Waals surface area (Å²) in [5, 5.41) is 8.29. The summed E-state index contributed by atoms with van der Waals surface area (Å²) in [5.41, 5.74) is 0.671. The molecule has 21 heavy (non-hydrogen) atoms. The fourth-order valence-electron chi connectivity index (χ4n) is 1.48. The van der Waals surface area contributed by atoms with Crippen LogP contribution in [0.15, 0.2) is 16.8 Å². The predicted molar refractivity (Wildman–Crippen MR) is 77.6 cm³/mol. The third-order valence-electron chi connectivity index (χ3n) is 2.60. The molecule has 0 aliphatic heterocycles. The van der Waals surface area contributed by atoms with Crippen molar-refractivity contribution in [2.75, 3.05) is 20.6 Å². The van der Waals surface area contributed by atoms with Gasteiger partial charge < -0.3 is 15.5 Å². The van der Waals surface area contributed by atoms with Gasteiger partial charge in [-0.05, 0) is 22.4 Å². The standard InChI is InChI=1S/C13H17N3O4S/c1-8(17)12(19)14-6-10(18)15-11(13(20)16(2)3)9-4-5-21-7-9/h4-5,7,11H,6H2,1-3H3,(H,14,19)(H,15,18)/t11-/m0/s1. The molecule has 1 aromatic heterocycles. The number of amides is 3. The van der Waals surface area contributed by atoms with E-state index in [1.54, 1.807) is 30.9 Å². The van der Waals surface area contributed by atoms with E-state index in [0.717, 1.165) is 6.92 Å². The Morgan fingerprint density at radius 3 is 2.43 bits per heavy atom. The molecule has 0 aliphatic rings. The zero-order chi connectivity index (χ0) is 16.0. The number of hydrogen-bond donors (Lipinski definition) is 2. The van der Waals surface area contributed by atoms with Crippen LogP contribution in [-0.4, -0.2) is 49.0 Å². The van der Waals surface area contributed by atoms with Crippen molar-refractivity contribution in [3.8, 4) is 0 Å². The Morgan fingerprint density at radius 2 is 1.95 bits per heavy atom. The van der Waals surface area contributed by atoms with Gasteiger partial charge >= 0.3 is 0 Å². The topological polar surface area (TPSA) is 95.6 Å². The van der Waals surface area contributed by atoms with Gasteiger partial charge in [0.05, 0.1) is 6.54 Å². The number of thiophene rings is 1. The number of likely N-dealkylation sites (N-methyl/N-ethyl adjacent to an activating group) is 1. The van der Waals surface area contributed by atoms with E-state index >= 15 is 0 Å². The van der Waals surface area contributed by atoms with Crippen molar-refractivity contribution in [1.29, 1.82) is 0 Å². The number of Topliss-reactive ketones (excluding diaryl/α,β-unsaturated/α-hetero) is 1. The molecule has 0 radical (unpaired) electrons. The fourth-order valence-corrected chi connectivity index (χ4v) is 2.17. The summed E-state index contributed by atoms with van der Waals surface area (Å²) >= 11 is 1.41. The lowest BCUT2D eigenvalue weighted by molar-refractivity contribution is -0.138. The second-order valence-corrected chi connectivity index (χ2v) is 5.31. The molecule has 0 aliphatic carbocycles. The van der Waals surface area contributed by atoms with Crippen LogP contribution in [0.2, 0.25) is 0 Å². The lowest BCUT2D eigenvalue weighted by atomic mass is 10.1. The van der Waals surface area contributed by atoms with Gasteiger partial charge in [-0.3, -0.25) is 19.2 Å². The molecule has 1 aromatic rings. The van der Waals surface area contributed by atoms with E-state index in [0.29, 0.717) is 5.56 Å². The first kappa shape index (κ1) is 16.8. The van der Waals surface area contributed by atoms with Crippen molar-refractivity contribution in [2.45, 2.75) is 13.0 Å². The number of nitrogens with one attached hydrogen (secondary N) is 2. The van der Waals surface area contributed by atoms with Crippen LogP contribution < -0.4 is 10.6 Å². The lowest BCUT2D eigenvalue weighted by Crippen LogP contribution is -2.44. The van der Waals surface area contributed by atoms with Gasteiger partial charge in [0.1, 0.15) is 6.04 Å². The summed E-state index contributed by atoms with van der Waals surface area (Å²) in [5.74, 6) is -2.34. The third-order valence-corrected chi connectivity index (χ3v) is 3.30. The Morgan fingerprint density at radius 1 is 1.29 bits per heavy atom. The molecule has 114 valence electrons. The van der Waals surface area contributed by atoms with Crippen molar-refractivity contribution in [2.24, 2.45) is 0 Å². The molecule has 0 bridgehead atoms. The summed E-state index contributed by atoms with van der Waals surface area (Å²) in [6.45, 7) is 0.747. The highest BCUT2D eigenvalue weighted by atomic mass is 32.1. The Bertz CT molecular complexity index is 540. The van der Waals surface area contributed by atoms with Crippen molar-refractivity contribution in [1.82, 2.24) is 15.5 Å². The summed E-state index contributed by atoms with van der Waals surface area (Å²) in [6.07, 6.45) is 0. The maximum atomic E-state index is 12.1. The number of carbonyl (C=O) groups excluding carboxylic acids is 4. The van der Waals surface area contributed by atoms with Gasteiger partial charge in [0.15, 0.2) is 0 Å². The van der Waals surface area contributed by atoms with E-state index in [1.807, 2.05) is 0 Å². The predicted octanol–water partition coefficient (Wildman–Crippen LogP) is -0.301. The van der Waals surface area contributed by atoms with E-state index in [9.17, 15) is 19.2 Å². The van der Waals surface area contributed by atoms with Crippen molar-refractivity contribution < 1.29 is 19.2 Å². The molecular formula is C13H17N3O4S. The molecule has 1 heterocycles. The zero-order valence-electron chi connectivity index (χ0n) is 12.0. The van der Waals surface area contributed by atoms with Crippen LogP contribution in [0.5, 0.6) is 0 Å². The number of nitrogens with zero attached hydrogens (tertiary/aromatic N) is 1. The SMILES string of the molecule is CC(=O)C(=O)NCC(=O)N[C@H](C(=O)N(C)C)c1ccsc1. The number of hydrogen-bond acceptors (Lipinski definition) is 5. The summed E-state index contributed by atoms with van der Waals surface area (Å²) < 4.78 is 0. The quantitative estimate of drug-likeness (QED) is 0.705. The highest BCUT2D eigenvalue weighted by molar-refractivity contribution is 7.08. The first-order valence-electron chi connectivity index (χ1n) is 6.14. The van der Waals surface area contributed by atoms with Crippen LogP contribution in [0.3, 0.4) is 0 Å². The second kappa shape index (κ2) is 7.53. The van der Waals surface area contributed by atoms with Gasteiger partial charge in [0.2, 0.25) is 17.6 Å². The van der Waals surface area contributed by atoms with Crippen LogP contribution in [-0.2, 0) is 19.2 Å². The summed E-state index contributed by atoms with van der Waals surface area (Å²) in [7, 11) is 3.18. The minimum atomic E-state index is -0.837. The number of carbonyl (C=O) groups is 4. The van der Waals surface area contributed by atoms with Gasteiger partial charge in [0, 0.05) is 21.0 Å². The summed E-state index contributed by atoms with van der Waals surface area (Å²) in [6, 6.07) is 0.929. The Hall–Kier alpha value is -2.22. The van der Waals surface area contributed by atoms with E-state index in [4.69, 9.17) is 0 Å². The minimum Gasteiger partial charge on any atom is -0.347 e. The van der Waals surface area contributed by atoms with Gasteiger partial charge in [-0.2, -0.15) is 11.3 Å². The molecule has 0 aromatic carbocycles. The Kier molecular flexibility index (Phi) is 6.04. The molecule has 0 fully saturated rings. The van der Waals surface area contributed by atoms with Gasteiger partial charge in [-0.15, -0.1) is 0 Å². The monoisotopic (exact) mass is 311 g/mol.